The molecule has 5 nitrogen and oxygen atoms in total. The quantitative estimate of drug-likeness (QED) is 0.863. The fraction of sp³-hybridized carbons (Fsp3) is 0.200. The van der Waals surface area contributed by atoms with Crippen molar-refractivity contribution in [3.05, 3.63) is 52.3 Å². The van der Waals surface area contributed by atoms with Gasteiger partial charge in [0.15, 0.2) is 0 Å². The number of methoxy groups -OCH3 is 1. The zero-order valence-electron chi connectivity index (χ0n) is 11.7. The van der Waals surface area contributed by atoms with Gasteiger partial charge in [-0.1, -0.05) is 17.7 Å². The maximum atomic E-state index is 10.6. The molecule has 1 aromatic carbocycles. The van der Waals surface area contributed by atoms with Crippen LogP contribution in [0.25, 0.3) is 6.08 Å². The number of carboxylic acid groups (broad SMARTS) is 1. The first-order valence-electron chi connectivity index (χ1n) is 6.27. The fourth-order valence-corrected chi connectivity index (χ4v) is 2.09. The maximum absolute atomic E-state index is 10.6. The number of nitrogens with zero attached hydrogens (tertiary/aromatic N) is 2. The molecule has 0 spiro atoms. The summed E-state index contributed by atoms with van der Waals surface area (Å²) in [6.45, 7) is 2.33. The third-order valence-electron chi connectivity index (χ3n) is 2.94. The molecule has 0 radical (unpaired) electrons. The molecule has 0 saturated carbocycles. The van der Waals surface area contributed by atoms with Crippen molar-refractivity contribution in [1.29, 1.82) is 0 Å². The minimum absolute atomic E-state index is 0.492. The standard InChI is InChI=1S/C15H15ClN2O3/c1-10-13(16)9-18(17-10)8-12-7-11(4-6-15(19)20)3-5-14(12)21-2/h3-7,9H,8H2,1-2H3,(H,19,20). The van der Waals surface area contributed by atoms with E-state index in [1.54, 1.807) is 30.1 Å². The number of benzene rings is 1. The van der Waals surface area contributed by atoms with Gasteiger partial charge in [0.2, 0.25) is 0 Å². The number of aryl methyl sites for hydroxylation is 1. The van der Waals surface area contributed by atoms with Crippen LogP contribution in [0.3, 0.4) is 0 Å². The van der Waals surface area contributed by atoms with Crippen molar-refractivity contribution < 1.29 is 14.6 Å². The van der Waals surface area contributed by atoms with Gasteiger partial charge in [0.25, 0.3) is 0 Å². The van der Waals surface area contributed by atoms with Gasteiger partial charge in [-0.3, -0.25) is 4.68 Å². The van der Waals surface area contributed by atoms with E-state index in [-0.39, 0.29) is 0 Å². The van der Waals surface area contributed by atoms with Gasteiger partial charge in [-0.2, -0.15) is 5.10 Å². The van der Waals surface area contributed by atoms with E-state index in [0.717, 1.165) is 22.9 Å². The Bertz CT molecular complexity index is 673. The van der Waals surface area contributed by atoms with Crippen LogP contribution in [0.2, 0.25) is 5.02 Å². The summed E-state index contributed by atoms with van der Waals surface area (Å²) in [5, 5.41) is 13.6. The fourth-order valence-electron chi connectivity index (χ4n) is 1.94. The SMILES string of the molecule is COc1ccc(C=CC(=O)O)cc1Cn1cc(Cl)c(C)n1. The number of hydrogen-bond donors (Lipinski definition) is 1. The van der Waals surface area contributed by atoms with Gasteiger partial charge >= 0.3 is 5.97 Å². The third kappa shape index (κ3) is 3.86. The number of aliphatic carboxylic acids is 1. The highest BCUT2D eigenvalue weighted by Crippen LogP contribution is 2.22. The third-order valence-corrected chi connectivity index (χ3v) is 3.31. The van der Waals surface area contributed by atoms with Crippen LogP contribution in [-0.2, 0) is 11.3 Å². The molecule has 0 unspecified atom stereocenters. The molecule has 21 heavy (non-hydrogen) atoms. The van der Waals surface area contributed by atoms with Crippen LogP contribution in [-0.4, -0.2) is 28.0 Å². The van der Waals surface area contributed by atoms with E-state index in [1.165, 1.54) is 6.08 Å². The van der Waals surface area contributed by atoms with Gasteiger partial charge in [-0.15, -0.1) is 0 Å². The Morgan fingerprint density at radius 3 is 2.86 bits per heavy atom. The molecule has 0 aliphatic rings. The van der Waals surface area contributed by atoms with E-state index >= 15 is 0 Å². The van der Waals surface area contributed by atoms with E-state index in [1.807, 2.05) is 13.0 Å². The smallest absolute Gasteiger partial charge is 0.328 e. The molecule has 1 aromatic heterocycles. The Labute approximate surface area is 127 Å². The topological polar surface area (TPSA) is 64.3 Å². The molecule has 0 aliphatic carbocycles. The summed E-state index contributed by atoms with van der Waals surface area (Å²) in [7, 11) is 1.59. The minimum atomic E-state index is -0.984. The second kappa shape index (κ2) is 6.45. The Hall–Kier alpha value is -2.27. The van der Waals surface area contributed by atoms with E-state index < -0.39 is 5.97 Å². The van der Waals surface area contributed by atoms with E-state index in [0.29, 0.717) is 17.3 Å². The number of ether oxygens (including phenoxy) is 1. The molecule has 0 aliphatic heterocycles. The van der Waals surface area contributed by atoms with Crippen LogP contribution in [0.15, 0.2) is 30.5 Å². The van der Waals surface area contributed by atoms with Gasteiger partial charge in [0.1, 0.15) is 5.75 Å². The van der Waals surface area contributed by atoms with Crippen LogP contribution in [0.1, 0.15) is 16.8 Å². The lowest BCUT2D eigenvalue weighted by molar-refractivity contribution is -0.131. The molecule has 2 aromatic rings. The lowest BCUT2D eigenvalue weighted by atomic mass is 10.1. The predicted molar refractivity (Wildman–Crippen MR) is 80.7 cm³/mol. The average molecular weight is 307 g/mol. The van der Waals surface area contributed by atoms with Crippen molar-refractivity contribution in [3.63, 3.8) is 0 Å². The predicted octanol–water partition coefficient (Wildman–Crippen LogP) is 3.00. The Balaban J connectivity index is 2.31. The summed E-state index contributed by atoms with van der Waals surface area (Å²) in [6.07, 6.45) is 4.38. The van der Waals surface area contributed by atoms with Crippen LogP contribution in [0.4, 0.5) is 0 Å². The molecule has 1 N–H and O–H groups in total. The summed E-state index contributed by atoms with van der Waals surface area (Å²) in [5.74, 6) is -0.270. The highest BCUT2D eigenvalue weighted by Gasteiger charge is 2.07. The molecular weight excluding hydrogens is 292 g/mol. The Kier molecular flexibility index (Phi) is 4.65. The number of carboxylic acids is 1. The highest BCUT2D eigenvalue weighted by atomic mass is 35.5. The first-order valence-corrected chi connectivity index (χ1v) is 6.65. The zero-order valence-corrected chi connectivity index (χ0v) is 12.5. The summed E-state index contributed by atoms with van der Waals surface area (Å²) in [6, 6.07) is 5.46. The largest absolute Gasteiger partial charge is 0.496 e. The second-order valence-electron chi connectivity index (χ2n) is 4.50. The highest BCUT2D eigenvalue weighted by molar-refractivity contribution is 6.31. The van der Waals surface area contributed by atoms with Gasteiger partial charge in [0.05, 0.1) is 24.4 Å². The summed E-state index contributed by atoms with van der Waals surface area (Å²) in [4.78, 5) is 10.6. The molecule has 110 valence electrons. The van der Waals surface area contributed by atoms with Crippen LogP contribution >= 0.6 is 11.6 Å². The van der Waals surface area contributed by atoms with Gasteiger partial charge in [-0.05, 0) is 30.7 Å². The number of carbonyl (C=O) groups is 1. The van der Waals surface area contributed by atoms with Crippen molar-refractivity contribution in [2.45, 2.75) is 13.5 Å². The average Bonchev–Trinajstić information content (AvgIpc) is 2.75. The number of hydrogen-bond acceptors (Lipinski definition) is 3. The van der Waals surface area contributed by atoms with Crippen molar-refractivity contribution in [2.24, 2.45) is 0 Å². The molecule has 0 fully saturated rings. The summed E-state index contributed by atoms with van der Waals surface area (Å²) in [5.41, 5.74) is 2.44. The van der Waals surface area contributed by atoms with E-state index in [2.05, 4.69) is 5.10 Å². The zero-order chi connectivity index (χ0) is 15.4. The summed E-state index contributed by atoms with van der Waals surface area (Å²) < 4.78 is 7.04. The van der Waals surface area contributed by atoms with Crippen molar-refractivity contribution >= 4 is 23.6 Å². The minimum Gasteiger partial charge on any atom is -0.496 e. The lowest BCUT2D eigenvalue weighted by Gasteiger charge is -2.09. The molecule has 0 amide bonds. The van der Waals surface area contributed by atoms with E-state index in [9.17, 15) is 4.79 Å². The first kappa shape index (κ1) is 15.1. The Morgan fingerprint density at radius 1 is 1.52 bits per heavy atom. The van der Waals surface area contributed by atoms with Crippen molar-refractivity contribution in [1.82, 2.24) is 9.78 Å². The second-order valence-corrected chi connectivity index (χ2v) is 4.91. The van der Waals surface area contributed by atoms with Gasteiger partial charge in [-0.25, -0.2) is 4.79 Å². The molecule has 0 atom stereocenters. The molecule has 0 saturated heterocycles. The molecule has 6 heteroatoms. The lowest BCUT2D eigenvalue weighted by Crippen LogP contribution is -2.03. The van der Waals surface area contributed by atoms with E-state index in [4.69, 9.17) is 21.4 Å². The van der Waals surface area contributed by atoms with Crippen LogP contribution in [0.5, 0.6) is 5.75 Å². The summed E-state index contributed by atoms with van der Waals surface area (Å²) >= 11 is 5.99. The number of halogens is 1. The normalized spacial score (nSPS) is 11.0. The van der Waals surface area contributed by atoms with Crippen molar-refractivity contribution in [3.8, 4) is 5.75 Å². The first-order chi connectivity index (χ1) is 9.99. The number of rotatable bonds is 5. The molecule has 0 bridgehead atoms. The number of aromatic nitrogens is 2. The van der Waals surface area contributed by atoms with Crippen molar-refractivity contribution in [2.75, 3.05) is 7.11 Å². The monoisotopic (exact) mass is 306 g/mol. The molecule has 2 rings (SSSR count). The molecule has 1 heterocycles. The van der Waals surface area contributed by atoms with Crippen LogP contribution in [0, 0.1) is 6.92 Å². The molecular formula is C15H15ClN2O3. The Morgan fingerprint density at radius 2 is 2.29 bits per heavy atom. The van der Waals surface area contributed by atoms with Crippen LogP contribution < -0.4 is 4.74 Å². The maximum Gasteiger partial charge on any atom is 0.328 e. The van der Waals surface area contributed by atoms with Gasteiger partial charge in [0, 0.05) is 17.8 Å². The van der Waals surface area contributed by atoms with Gasteiger partial charge < -0.3 is 9.84 Å².